The molecular formula is C14H14N2O2. The molecule has 0 spiro atoms. The van der Waals surface area contributed by atoms with E-state index in [2.05, 4.69) is 0 Å². The van der Waals surface area contributed by atoms with Crippen molar-refractivity contribution < 1.29 is 4.92 Å². The van der Waals surface area contributed by atoms with E-state index in [9.17, 15) is 10.1 Å². The topological polar surface area (TPSA) is 69.2 Å². The number of nitrogen functional groups attached to an aromatic ring is 1. The standard InChI is InChI=1S/C14H14N2O2/c1-9-5-3-7-11(15)13(9)14-10(2)6-4-8-12(14)16(17)18/h3-8H,15H2,1-2H3. The van der Waals surface area contributed by atoms with E-state index in [1.165, 1.54) is 6.07 Å². The van der Waals surface area contributed by atoms with Gasteiger partial charge in [0.05, 0.1) is 10.5 Å². The van der Waals surface area contributed by atoms with Gasteiger partial charge in [0.25, 0.3) is 5.69 Å². The largest absolute Gasteiger partial charge is 0.398 e. The van der Waals surface area contributed by atoms with Gasteiger partial charge in [-0.15, -0.1) is 0 Å². The van der Waals surface area contributed by atoms with E-state index in [1.54, 1.807) is 12.1 Å². The average Bonchev–Trinajstić information content (AvgIpc) is 2.30. The minimum atomic E-state index is -0.367. The Morgan fingerprint density at radius 1 is 1.00 bits per heavy atom. The molecule has 2 aromatic rings. The fraction of sp³-hybridized carbons (Fsp3) is 0.143. The average molecular weight is 242 g/mol. The van der Waals surface area contributed by atoms with Crippen molar-refractivity contribution in [3.8, 4) is 11.1 Å². The van der Waals surface area contributed by atoms with Gasteiger partial charge in [0.15, 0.2) is 0 Å². The van der Waals surface area contributed by atoms with Crippen LogP contribution >= 0.6 is 0 Å². The number of nitro benzene ring substituents is 1. The Labute approximate surface area is 105 Å². The molecule has 4 heteroatoms. The van der Waals surface area contributed by atoms with E-state index < -0.39 is 0 Å². The van der Waals surface area contributed by atoms with Crippen LogP contribution in [0.5, 0.6) is 0 Å². The molecule has 0 heterocycles. The molecule has 0 fully saturated rings. The van der Waals surface area contributed by atoms with Crippen LogP contribution in [-0.2, 0) is 0 Å². The van der Waals surface area contributed by atoms with Gasteiger partial charge in [-0.05, 0) is 31.0 Å². The summed E-state index contributed by atoms with van der Waals surface area (Å²) in [6, 6.07) is 10.6. The fourth-order valence-corrected chi connectivity index (χ4v) is 2.16. The van der Waals surface area contributed by atoms with Gasteiger partial charge in [0, 0.05) is 17.3 Å². The Bertz CT molecular complexity index is 601. The van der Waals surface area contributed by atoms with Crippen molar-refractivity contribution in [3.05, 3.63) is 57.6 Å². The highest BCUT2D eigenvalue weighted by Crippen LogP contribution is 2.38. The molecule has 4 nitrogen and oxygen atoms in total. The number of benzene rings is 2. The maximum Gasteiger partial charge on any atom is 0.277 e. The zero-order valence-electron chi connectivity index (χ0n) is 10.3. The number of hydrogen-bond acceptors (Lipinski definition) is 3. The normalized spacial score (nSPS) is 10.3. The van der Waals surface area contributed by atoms with Crippen LogP contribution in [0.2, 0.25) is 0 Å². The second-order valence-electron chi connectivity index (χ2n) is 4.27. The number of nitrogens with zero attached hydrogens (tertiary/aromatic N) is 1. The van der Waals surface area contributed by atoms with Crippen LogP contribution in [0.4, 0.5) is 11.4 Å². The number of aryl methyl sites for hydroxylation is 2. The molecule has 0 aliphatic carbocycles. The van der Waals surface area contributed by atoms with Crippen molar-refractivity contribution in [2.75, 3.05) is 5.73 Å². The van der Waals surface area contributed by atoms with E-state index in [0.717, 1.165) is 16.7 Å². The van der Waals surface area contributed by atoms with Gasteiger partial charge in [-0.1, -0.05) is 24.3 Å². The Kier molecular flexibility index (Phi) is 3.02. The summed E-state index contributed by atoms with van der Waals surface area (Å²) in [4.78, 5) is 10.8. The van der Waals surface area contributed by atoms with Crippen LogP contribution in [-0.4, -0.2) is 4.92 Å². The van der Waals surface area contributed by atoms with Crippen molar-refractivity contribution in [1.82, 2.24) is 0 Å². The lowest BCUT2D eigenvalue weighted by atomic mass is 9.93. The minimum absolute atomic E-state index is 0.0935. The van der Waals surface area contributed by atoms with Crippen LogP contribution in [0.25, 0.3) is 11.1 Å². The van der Waals surface area contributed by atoms with Gasteiger partial charge in [-0.3, -0.25) is 10.1 Å². The van der Waals surface area contributed by atoms with E-state index in [1.807, 2.05) is 32.0 Å². The highest BCUT2D eigenvalue weighted by molar-refractivity contribution is 5.86. The molecule has 0 radical (unpaired) electrons. The molecular weight excluding hydrogens is 228 g/mol. The maximum atomic E-state index is 11.1. The second-order valence-corrected chi connectivity index (χ2v) is 4.27. The van der Waals surface area contributed by atoms with Crippen molar-refractivity contribution in [1.29, 1.82) is 0 Å². The molecule has 0 bridgehead atoms. The maximum absolute atomic E-state index is 11.1. The summed E-state index contributed by atoms with van der Waals surface area (Å²) in [7, 11) is 0. The first-order chi connectivity index (χ1) is 8.52. The molecule has 0 atom stereocenters. The monoisotopic (exact) mass is 242 g/mol. The molecule has 2 rings (SSSR count). The zero-order chi connectivity index (χ0) is 13.3. The zero-order valence-corrected chi connectivity index (χ0v) is 10.3. The van der Waals surface area contributed by atoms with E-state index in [0.29, 0.717) is 11.3 Å². The summed E-state index contributed by atoms with van der Waals surface area (Å²) in [6.07, 6.45) is 0. The van der Waals surface area contributed by atoms with Gasteiger partial charge in [0.2, 0.25) is 0 Å². The number of rotatable bonds is 2. The Hall–Kier alpha value is -2.36. The van der Waals surface area contributed by atoms with E-state index >= 15 is 0 Å². The van der Waals surface area contributed by atoms with Gasteiger partial charge >= 0.3 is 0 Å². The van der Waals surface area contributed by atoms with Gasteiger partial charge in [-0.25, -0.2) is 0 Å². The third kappa shape index (κ3) is 1.93. The molecule has 0 saturated heterocycles. The number of anilines is 1. The molecule has 2 aromatic carbocycles. The van der Waals surface area contributed by atoms with Crippen LogP contribution in [0.1, 0.15) is 11.1 Å². The Morgan fingerprint density at radius 2 is 1.56 bits per heavy atom. The van der Waals surface area contributed by atoms with Crippen molar-refractivity contribution >= 4 is 11.4 Å². The molecule has 0 unspecified atom stereocenters. The quantitative estimate of drug-likeness (QED) is 0.498. The van der Waals surface area contributed by atoms with Crippen molar-refractivity contribution in [2.45, 2.75) is 13.8 Å². The molecule has 0 aliphatic rings. The smallest absolute Gasteiger partial charge is 0.277 e. The predicted molar refractivity (Wildman–Crippen MR) is 72.4 cm³/mol. The lowest BCUT2D eigenvalue weighted by molar-refractivity contribution is -0.384. The van der Waals surface area contributed by atoms with Crippen LogP contribution < -0.4 is 5.73 Å². The van der Waals surface area contributed by atoms with Crippen LogP contribution in [0, 0.1) is 24.0 Å². The molecule has 18 heavy (non-hydrogen) atoms. The molecule has 0 aliphatic heterocycles. The third-order valence-electron chi connectivity index (χ3n) is 3.00. The molecule has 0 saturated carbocycles. The summed E-state index contributed by atoms with van der Waals surface area (Å²) in [5.41, 5.74) is 9.78. The summed E-state index contributed by atoms with van der Waals surface area (Å²) in [5, 5.41) is 11.1. The first-order valence-electron chi connectivity index (χ1n) is 5.62. The number of hydrogen-bond donors (Lipinski definition) is 1. The summed E-state index contributed by atoms with van der Waals surface area (Å²) >= 11 is 0. The molecule has 92 valence electrons. The van der Waals surface area contributed by atoms with Crippen molar-refractivity contribution in [3.63, 3.8) is 0 Å². The number of nitrogens with two attached hydrogens (primary N) is 1. The SMILES string of the molecule is Cc1cccc(N)c1-c1c(C)cccc1[N+](=O)[O-]. The first kappa shape index (κ1) is 12.1. The van der Waals surface area contributed by atoms with Gasteiger partial charge < -0.3 is 5.73 Å². The van der Waals surface area contributed by atoms with Crippen LogP contribution in [0.3, 0.4) is 0 Å². The highest BCUT2D eigenvalue weighted by Gasteiger charge is 2.20. The molecule has 0 amide bonds. The predicted octanol–water partition coefficient (Wildman–Crippen LogP) is 3.46. The van der Waals surface area contributed by atoms with Crippen molar-refractivity contribution in [2.24, 2.45) is 0 Å². The second kappa shape index (κ2) is 4.49. The Balaban J connectivity index is 2.82. The van der Waals surface area contributed by atoms with Gasteiger partial charge in [0.1, 0.15) is 0 Å². The summed E-state index contributed by atoms with van der Waals surface area (Å²) in [6.45, 7) is 3.76. The Morgan fingerprint density at radius 3 is 2.11 bits per heavy atom. The third-order valence-corrected chi connectivity index (χ3v) is 3.00. The lowest BCUT2D eigenvalue weighted by Gasteiger charge is -2.12. The number of nitro groups is 1. The lowest BCUT2D eigenvalue weighted by Crippen LogP contribution is -1.99. The van der Waals surface area contributed by atoms with E-state index in [4.69, 9.17) is 5.73 Å². The summed E-state index contributed by atoms with van der Waals surface area (Å²) < 4.78 is 0. The summed E-state index contributed by atoms with van der Waals surface area (Å²) in [5.74, 6) is 0. The molecule has 2 N–H and O–H groups in total. The van der Waals surface area contributed by atoms with Crippen LogP contribution in [0.15, 0.2) is 36.4 Å². The first-order valence-corrected chi connectivity index (χ1v) is 5.62. The molecule has 0 aromatic heterocycles. The van der Waals surface area contributed by atoms with Gasteiger partial charge in [-0.2, -0.15) is 0 Å². The highest BCUT2D eigenvalue weighted by atomic mass is 16.6. The minimum Gasteiger partial charge on any atom is -0.398 e. The van der Waals surface area contributed by atoms with E-state index in [-0.39, 0.29) is 10.6 Å². The fourth-order valence-electron chi connectivity index (χ4n) is 2.16.